The maximum Gasteiger partial charge on any atom is 0.0726 e. The minimum atomic E-state index is 0.386. The molecular formula is C17H21NO. The molecule has 0 atom stereocenters. The first-order chi connectivity index (χ1) is 9.33. The Kier molecular flexibility index (Phi) is 3.81. The van der Waals surface area contributed by atoms with Crippen LogP contribution in [0.25, 0.3) is 10.8 Å². The fourth-order valence-electron chi connectivity index (χ4n) is 2.88. The Morgan fingerprint density at radius 1 is 0.947 bits per heavy atom. The van der Waals surface area contributed by atoms with Crippen molar-refractivity contribution in [1.82, 2.24) is 0 Å². The smallest absolute Gasteiger partial charge is 0.0726 e. The quantitative estimate of drug-likeness (QED) is 0.909. The van der Waals surface area contributed by atoms with Crippen LogP contribution in [0.5, 0.6) is 0 Å². The Labute approximate surface area is 114 Å². The van der Waals surface area contributed by atoms with Gasteiger partial charge < -0.3 is 10.5 Å². The number of fused-ring (bicyclic) bond motifs is 1. The third-order valence-electron chi connectivity index (χ3n) is 4.07. The zero-order chi connectivity index (χ0) is 13.1. The highest BCUT2D eigenvalue weighted by Gasteiger charge is 2.18. The topological polar surface area (TPSA) is 35.2 Å². The number of hydrogen-bond acceptors (Lipinski definition) is 2. The van der Waals surface area contributed by atoms with Crippen LogP contribution in [-0.4, -0.2) is 12.1 Å². The molecule has 0 amide bonds. The summed E-state index contributed by atoms with van der Waals surface area (Å²) in [5, 5.41) is 2.59. The third-order valence-corrected chi connectivity index (χ3v) is 4.07. The van der Waals surface area contributed by atoms with Crippen LogP contribution in [0.4, 0.5) is 0 Å². The molecule has 100 valence electrons. The predicted octanol–water partition coefficient (Wildman–Crippen LogP) is 3.63. The minimum Gasteiger partial charge on any atom is -0.374 e. The summed E-state index contributed by atoms with van der Waals surface area (Å²) in [7, 11) is 0. The lowest BCUT2D eigenvalue weighted by atomic mass is 9.93. The van der Waals surface area contributed by atoms with Gasteiger partial charge in [-0.1, -0.05) is 42.5 Å². The fraction of sp³-hybridized carbons (Fsp3) is 0.412. The summed E-state index contributed by atoms with van der Waals surface area (Å²) in [6, 6.07) is 15.3. The van der Waals surface area contributed by atoms with Gasteiger partial charge in [-0.2, -0.15) is 0 Å². The zero-order valence-corrected chi connectivity index (χ0v) is 11.2. The number of hydrogen-bond donors (Lipinski definition) is 1. The van der Waals surface area contributed by atoms with E-state index in [1.807, 2.05) is 0 Å². The maximum absolute atomic E-state index is 6.07. The molecule has 1 aliphatic carbocycles. The fourth-order valence-corrected chi connectivity index (χ4v) is 2.88. The molecule has 0 saturated heterocycles. The number of nitrogens with two attached hydrogens (primary N) is 1. The van der Waals surface area contributed by atoms with E-state index in [0.717, 1.165) is 25.7 Å². The van der Waals surface area contributed by atoms with Crippen LogP contribution in [-0.2, 0) is 11.3 Å². The monoisotopic (exact) mass is 255 g/mol. The molecule has 0 aromatic heterocycles. The van der Waals surface area contributed by atoms with Crippen LogP contribution in [0.2, 0.25) is 0 Å². The second-order valence-corrected chi connectivity index (χ2v) is 5.49. The van der Waals surface area contributed by atoms with Gasteiger partial charge in [-0.15, -0.1) is 0 Å². The second-order valence-electron chi connectivity index (χ2n) is 5.49. The van der Waals surface area contributed by atoms with Gasteiger partial charge in [0.1, 0.15) is 0 Å². The van der Waals surface area contributed by atoms with E-state index in [0.29, 0.717) is 18.8 Å². The van der Waals surface area contributed by atoms with Crippen molar-refractivity contribution in [3.8, 4) is 0 Å². The highest BCUT2D eigenvalue weighted by atomic mass is 16.5. The Morgan fingerprint density at radius 2 is 1.68 bits per heavy atom. The minimum absolute atomic E-state index is 0.386. The summed E-state index contributed by atoms with van der Waals surface area (Å²) >= 11 is 0. The standard InChI is InChI=1S/C17H21NO/c18-15-8-10-16(11-9-15)19-12-14-6-3-5-13-4-1-2-7-17(13)14/h1-7,15-16H,8-12,18H2. The van der Waals surface area contributed by atoms with Crippen LogP contribution in [0.15, 0.2) is 42.5 Å². The third kappa shape index (κ3) is 2.96. The molecule has 1 aliphatic rings. The first-order valence-electron chi connectivity index (χ1n) is 7.17. The molecule has 1 saturated carbocycles. The molecule has 0 aliphatic heterocycles. The van der Waals surface area contributed by atoms with Crippen molar-refractivity contribution in [3.05, 3.63) is 48.0 Å². The zero-order valence-electron chi connectivity index (χ0n) is 11.2. The molecular weight excluding hydrogens is 234 g/mol. The molecule has 3 rings (SSSR count). The SMILES string of the molecule is NC1CCC(OCc2cccc3ccccc23)CC1. The molecule has 0 bridgehead atoms. The molecule has 19 heavy (non-hydrogen) atoms. The summed E-state index contributed by atoms with van der Waals surface area (Å²) in [5.74, 6) is 0. The predicted molar refractivity (Wildman–Crippen MR) is 79.0 cm³/mol. The average Bonchev–Trinajstić information content (AvgIpc) is 2.47. The molecule has 2 aromatic rings. The van der Waals surface area contributed by atoms with Crippen LogP contribution in [0, 0.1) is 0 Å². The van der Waals surface area contributed by atoms with Crippen molar-refractivity contribution in [1.29, 1.82) is 0 Å². The van der Waals surface area contributed by atoms with Gasteiger partial charge in [0.25, 0.3) is 0 Å². The number of benzene rings is 2. The normalized spacial score (nSPS) is 23.6. The largest absolute Gasteiger partial charge is 0.374 e. The van der Waals surface area contributed by atoms with Crippen LogP contribution >= 0.6 is 0 Å². The van der Waals surface area contributed by atoms with Crippen LogP contribution in [0.3, 0.4) is 0 Å². The summed E-state index contributed by atoms with van der Waals surface area (Å²) in [5.41, 5.74) is 7.21. The van der Waals surface area contributed by atoms with Crippen molar-refractivity contribution in [2.24, 2.45) is 5.73 Å². The van der Waals surface area contributed by atoms with Crippen molar-refractivity contribution in [2.75, 3.05) is 0 Å². The molecule has 0 unspecified atom stereocenters. The van der Waals surface area contributed by atoms with Gasteiger partial charge in [-0.05, 0) is 42.0 Å². The van der Waals surface area contributed by atoms with E-state index in [1.54, 1.807) is 0 Å². The van der Waals surface area contributed by atoms with E-state index >= 15 is 0 Å². The molecule has 2 N–H and O–H groups in total. The Bertz CT molecular complexity index is 538. The first-order valence-corrected chi connectivity index (χ1v) is 7.17. The number of rotatable bonds is 3. The highest BCUT2D eigenvalue weighted by Crippen LogP contribution is 2.23. The van der Waals surface area contributed by atoms with Crippen LogP contribution in [0.1, 0.15) is 31.2 Å². The molecule has 1 fully saturated rings. The molecule has 0 heterocycles. The highest BCUT2D eigenvalue weighted by molar-refractivity contribution is 5.85. The van der Waals surface area contributed by atoms with Crippen LogP contribution < -0.4 is 5.73 Å². The number of ether oxygens (including phenoxy) is 1. The van der Waals surface area contributed by atoms with Gasteiger partial charge in [-0.25, -0.2) is 0 Å². The summed E-state index contributed by atoms with van der Waals surface area (Å²) < 4.78 is 6.07. The maximum atomic E-state index is 6.07. The van der Waals surface area contributed by atoms with Crippen molar-refractivity contribution < 1.29 is 4.74 Å². The summed E-state index contributed by atoms with van der Waals surface area (Å²) in [4.78, 5) is 0. The molecule has 2 nitrogen and oxygen atoms in total. The van der Waals surface area contributed by atoms with Gasteiger partial charge in [0.05, 0.1) is 12.7 Å². The summed E-state index contributed by atoms with van der Waals surface area (Å²) in [6.45, 7) is 0.710. The van der Waals surface area contributed by atoms with Crippen molar-refractivity contribution >= 4 is 10.8 Å². The second kappa shape index (κ2) is 5.72. The van der Waals surface area contributed by atoms with E-state index in [4.69, 9.17) is 10.5 Å². The Morgan fingerprint density at radius 3 is 2.53 bits per heavy atom. The van der Waals surface area contributed by atoms with Gasteiger partial charge in [0.15, 0.2) is 0 Å². The van der Waals surface area contributed by atoms with E-state index < -0.39 is 0 Å². The Hall–Kier alpha value is -1.38. The molecule has 0 spiro atoms. The average molecular weight is 255 g/mol. The molecule has 0 radical (unpaired) electrons. The van der Waals surface area contributed by atoms with E-state index in [1.165, 1.54) is 16.3 Å². The van der Waals surface area contributed by atoms with Gasteiger partial charge in [0.2, 0.25) is 0 Å². The lowest BCUT2D eigenvalue weighted by Gasteiger charge is -2.26. The molecule has 2 heteroatoms. The van der Waals surface area contributed by atoms with E-state index in [9.17, 15) is 0 Å². The lowest BCUT2D eigenvalue weighted by Crippen LogP contribution is -2.30. The van der Waals surface area contributed by atoms with E-state index in [2.05, 4.69) is 42.5 Å². The lowest BCUT2D eigenvalue weighted by molar-refractivity contribution is 0.0143. The Balaban J connectivity index is 1.68. The van der Waals surface area contributed by atoms with E-state index in [-0.39, 0.29) is 0 Å². The van der Waals surface area contributed by atoms with Gasteiger partial charge in [0, 0.05) is 6.04 Å². The van der Waals surface area contributed by atoms with Gasteiger partial charge >= 0.3 is 0 Å². The van der Waals surface area contributed by atoms with Crippen molar-refractivity contribution in [3.63, 3.8) is 0 Å². The summed E-state index contributed by atoms with van der Waals surface area (Å²) in [6.07, 6.45) is 4.79. The first kappa shape index (κ1) is 12.6. The van der Waals surface area contributed by atoms with Gasteiger partial charge in [-0.3, -0.25) is 0 Å². The molecule has 2 aromatic carbocycles. The van der Waals surface area contributed by atoms with Crippen molar-refractivity contribution in [2.45, 2.75) is 44.4 Å².